The fourth-order valence-corrected chi connectivity index (χ4v) is 4.76. The second kappa shape index (κ2) is 8.05. The predicted molar refractivity (Wildman–Crippen MR) is 107 cm³/mol. The van der Waals surface area contributed by atoms with E-state index in [1.54, 1.807) is 4.90 Å². The molecule has 2 aliphatic carbocycles. The summed E-state index contributed by atoms with van der Waals surface area (Å²) in [7, 11) is 0. The first kappa shape index (κ1) is 21.7. The number of carbonyl (C=O) groups excluding carboxylic acids is 4. The van der Waals surface area contributed by atoms with Gasteiger partial charge in [0.2, 0.25) is 17.6 Å². The Balaban J connectivity index is 1.79. The summed E-state index contributed by atoms with van der Waals surface area (Å²) in [4.78, 5) is 51.7. The summed E-state index contributed by atoms with van der Waals surface area (Å²) in [6.07, 6.45) is 5.26. The third kappa shape index (κ3) is 4.63. The van der Waals surface area contributed by atoms with Gasteiger partial charge in [-0.15, -0.1) is 0 Å². The van der Waals surface area contributed by atoms with Crippen LogP contribution in [0.4, 0.5) is 0 Å². The molecule has 5 N–H and O–H groups in total. The number of primary amides is 1. The minimum absolute atomic E-state index is 0.0661. The summed E-state index contributed by atoms with van der Waals surface area (Å²) < 4.78 is 0. The summed E-state index contributed by atoms with van der Waals surface area (Å²) in [6.45, 7) is 6.22. The molecule has 3 aliphatic rings. The average Bonchev–Trinajstić information content (AvgIpc) is 3.20. The average molecular weight is 407 g/mol. The number of likely N-dealkylation sites (tertiary alicyclic amines) is 1. The van der Waals surface area contributed by atoms with Crippen molar-refractivity contribution in [2.45, 2.75) is 77.4 Å². The summed E-state index contributed by atoms with van der Waals surface area (Å²) in [5.74, 6) is -1.73. The first-order valence-corrected chi connectivity index (χ1v) is 10.7. The van der Waals surface area contributed by atoms with E-state index in [2.05, 4.69) is 5.32 Å². The smallest absolute Gasteiger partial charge is 0.287 e. The molecule has 3 fully saturated rings. The maximum absolute atomic E-state index is 13.3. The topological polar surface area (TPSA) is 136 Å². The molecule has 1 unspecified atom stereocenters. The van der Waals surface area contributed by atoms with Gasteiger partial charge in [-0.25, -0.2) is 0 Å². The molecule has 2 saturated carbocycles. The highest BCUT2D eigenvalue weighted by Crippen LogP contribution is 2.43. The lowest BCUT2D eigenvalue weighted by Gasteiger charge is -2.34. The number of amides is 3. The second-order valence-electron chi connectivity index (χ2n) is 10.1. The van der Waals surface area contributed by atoms with Gasteiger partial charge in [0.25, 0.3) is 5.91 Å². The van der Waals surface area contributed by atoms with E-state index in [4.69, 9.17) is 11.5 Å². The highest BCUT2D eigenvalue weighted by atomic mass is 16.2. The van der Waals surface area contributed by atoms with Crippen molar-refractivity contribution in [1.82, 2.24) is 10.2 Å². The van der Waals surface area contributed by atoms with E-state index in [0.717, 1.165) is 32.1 Å². The van der Waals surface area contributed by atoms with Crippen LogP contribution in [0.1, 0.15) is 59.3 Å². The number of ketones is 1. The minimum Gasteiger partial charge on any atom is -0.363 e. The zero-order chi connectivity index (χ0) is 21.5. The molecule has 0 aromatic heterocycles. The Kier molecular flexibility index (Phi) is 6.03. The molecule has 3 rings (SSSR count). The van der Waals surface area contributed by atoms with Crippen molar-refractivity contribution in [2.75, 3.05) is 6.54 Å². The molecule has 8 nitrogen and oxygen atoms in total. The molecule has 0 aromatic carbocycles. The van der Waals surface area contributed by atoms with Crippen molar-refractivity contribution < 1.29 is 19.2 Å². The van der Waals surface area contributed by atoms with E-state index in [-0.39, 0.29) is 23.7 Å². The number of hydrogen-bond donors (Lipinski definition) is 3. The van der Waals surface area contributed by atoms with Crippen LogP contribution in [-0.2, 0) is 19.2 Å². The van der Waals surface area contributed by atoms with Crippen LogP contribution in [0, 0.1) is 23.2 Å². The Morgan fingerprint density at radius 1 is 1.10 bits per heavy atom. The molecule has 0 radical (unpaired) electrons. The summed E-state index contributed by atoms with van der Waals surface area (Å²) in [5.41, 5.74) is 11.0. The standard InChI is InChI=1S/C21H34N4O4/c1-21(2,3)17(22)20(29)25-10-12-5-4-6-13(12)15(25)19(28)24-14(9-11-7-8-11)16(26)18(23)27/h11-15,17H,4-10,22H2,1-3H3,(H2,23,27)(H,24,28)/t12-,13-,14?,15-,17+/m0/s1. The first-order chi connectivity index (χ1) is 13.5. The maximum Gasteiger partial charge on any atom is 0.287 e. The second-order valence-corrected chi connectivity index (χ2v) is 10.1. The van der Waals surface area contributed by atoms with Crippen LogP contribution in [0.3, 0.4) is 0 Å². The van der Waals surface area contributed by atoms with Crippen molar-refractivity contribution in [3.63, 3.8) is 0 Å². The van der Waals surface area contributed by atoms with Crippen LogP contribution in [0.15, 0.2) is 0 Å². The molecular formula is C21H34N4O4. The van der Waals surface area contributed by atoms with Gasteiger partial charge in [-0.05, 0) is 42.4 Å². The summed E-state index contributed by atoms with van der Waals surface area (Å²) in [5, 5.41) is 2.76. The molecule has 0 bridgehead atoms. The van der Waals surface area contributed by atoms with Crippen LogP contribution in [-0.4, -0.2) is 53.1 Å². The van der Waals surface area contributed by atoms with Crippen molar-refractivity contribution in [3.05, 3.63) is 0 Å². The number of carbonyl (C=O) groups is 4. The molecule has 1 heterocycles. The third-order valence-electron chi connectivity index (χ3n) is 6.78. The fraction of sp³-hybridized carbons (Fsp3) is 0.810. The monoisotopic (exact) mass is 406 g/mol. The Morgan fingerprint density at radius 2 is 1.76 bits per heavy atom. The molecule has 0 aromatic rings. The normalized spacial score (nSPS) is 28.6. The molecule has 1 aliphatic heterocycles. The number of rotatable bonds is 7. The lowest BCUT2D eigenvalue weighted by molar-refractivity contribution is -0.143. The Bertz CT molecular complexity index is 697. The molecule has 5 atom stereocenters. The SMILES string of the molecule is CC(C)(C)[C@H](N)C(=O)N1C[C@@H]2CCC[C@@H]2[C@H]1C(=O)NC(CC1CC1)C(=O)C(N)=O. The molecule has 8 heteroatoms. The van der Waals surface area contributed by atoms with E-state index in [1.165, 1.54) is 0 Å². The zero-order valence-electron chi connectivity index (χ0n) is 17.6. The molecule has 29 heavy (non-hydrogen) atoms. The molecule has 0 spiro atoms. The number of nitrogens with one attached hydrogen (secondary N) is 1. The lowest BCUT2D eigenvalue weighted by Crippen LogP contribution is -2.58. The van der Waals surface area contributed by atoms with E-state index >= 15 is 0 Å². The number of hydrogen-bond acceptors (Lipinski definition) is 5. The van der Waals surface area contributed by atoms with Crippen LogP contribution >= 0.6 is 0 Å². The van der Waals surface area contributed by atoms with Gasteiger partial charge in [-0.2, -0.15) is 0 Å². The van der Waals surface area contributed by atoms with Crippen LogP contribution in [0.5, 0.6) is 0 Å². The van der Waals surface area contributed by atoms with Crippen molar-refractivity contribution in [2.24, 2.45) is 34.6 Å². The number of nitrogens with zero attached hydrogens (tertiary/aromatic N) is 1. The van der Waals surface area contributed by atoms with Gasteiger partial charge in [0, 0.05) is 6.54 Å². The maximum atomic E-state index is 13.3. The fourth-order valence-electron chi connectivity index (χ4n) is 4.76. The van der Waals surface area contributed by atoms with Crippen LogP contribution < -0.4 is 16.8 Å². The minimum atomic E-state index is -1.04. The first-order valence-electron chi connectivity index (χ1n) is 10.7. The Labute approximate surface area is 172 Å². The van der Waals surface area contributed by atoms with E-state index in [9.17, 15) is 19.2 Å². The van der Waals surface area contributed by atoms with Crippen LogP contribution in [0.2, 0.25) is 0 Å². The van der Waals surface area contributed by atoms with Gasteiger partial charge in [0.1, 0.15) is 6.04 Å². The molecule has 3 amide bonds. The van der Waals surface area contributed by atoms with Gasteiger partial charge in [0.05, 0.1) is 12.1 Å². The number of nitrogens with two attached hydrogens (primary N) is 2. The third-order valence-corrected chi connectivity index (χ3v) is 6.78. The molecular weight excluding hydrogens is 372 g/mol. The summed E-state index contributed by atoms with van der Waals surface area (Å²) in [6, 6.07) is -2.28. The Hall–Kier alpha value is -1.96. The highest BCUT2D eigenvalue weighted by Gasteiger charge is 2.51. The van der Waals surface area contributed by atoms with Crippen molar-refractivity contribution in [1.29, 1.82) is 0 Å². The zero-order valence-corrected chi connectivity index (χ0v) is 17.6. The van der Waals surface area contributed by atoms with Gasteiger partial charge < -0.3 is 21.7 Å². The molecule has 1 saturated heterocycles. The summed E-state index contributed by atoms with van der Waals surface area (Å²) >= 11 is 0. The van der Waals surface area contributed by atoms with E-state index in [0.29, 0.717) is 18.9 Å². The van der Waals surface area contributed by atoms with Crippen molar-refractivity contribution >= 4 is 23.5 Å². The predicted octanol–water partition coefficient (Wildman–Crippen LogP) is 0.326. The van der Waals surface area contributed by atoms with Gasteiger partial charge in [0.15, 0.2) is 0 Å². The number of Topliss-reactive ketones (excluding diaryl/α,β-unsaturated/α-hetero) is 1. The van der Waals surface area contributed by atoms with E-state index < -0.39 is 35.2 Å². The lowest BCUT2D eigenvalue weighted by atomic mass is 9.86. The quantitative estimate of drug-likeness (QED) is 0.523. The Morgan fingerprint density at radius 3 is 2.31 bits per heavy atom. The number of fused-ring (bicyclic) bond motifs is 1. The van der Waals surface area contributed by atoms with Crippen LogP contribution in [0.25, 0.3) is 0 Å². The van der Waals surface area contributed by atoms with Crippen molar-refractivity contribution in [3.8, 4) is 0 Å². The van der Waals surface area contributed by atoms with E-state index in [1.807, 2.05) is 20.8 Å². The van der Waals surface area contributed by atoms with Gasteiger partial charge >= 0.3 is 0 Å². The van der Waals surface area contributed by atoms with Gasteiger partial charge in [-0.3, -0.25) is 19.2 Å². The van der Waals surface area contributed by atoms with Gasteiger partial charge in [-0.1, -0.05) is 40.0 Å². The highest BCUT2D eigenvalue weighted by molar-refractivity contribution is 6.37. The largest absolute Gasteiger partial charge is 0.363 e. The molecule has 162 valence electrons.